The van der Waals surface area contributed by atoms with Gasteiger partial charge in [-0.05, 0) is 6.07 Å². The van der Waals surface area contributed by atoms with E-state index in [1.807, 2.05) is 0 Å². The first-order valence-corrected chi connectivity index (χ1v) is 4.24. The number of anilines is 1. The molecule has 0 saturated carbocycles. The van der Waals surface area contributed by atoms with Crippen molar-refractivity contribution in [1.82, 2.24) is 19.9 Å². The molecule has 0 spiro atoms. The van der Waals surface area contributed by atoms with Crippen LogP contribution >= 0.6 is 0 Å². The van der Waals surface area contributed by atoms with E-state index in [0.717, 1.165) is 5.56 Å². The summed E-state index contributed by atoms with van der Waals surface area (Å²) in [4.78, 5) is 15.7. The lowest BCUT2D eigenvalue weighted by molar-refractivity contribution is 0.398. The molecule has 0 amide bonds. The van der Waals surface area contributed by atoms with Gasteiger partial charge < -0.3 is 10.5 Å². The zero-order valence-corrected chi connectivity index (χ0v) is 8.08. The quantitative estimate of drug-likeness (QED) is 0.765. The predicted molar refractivity (Wildman–Crippen MR) is 54.0 cm³/mol. The second-order valence-electron chi connectivity index (χ2n) is 2.76. The zero-order chi connectivity index (χ0) is 10.7. The Morgan fingerprint density at radius 1 is 1.20 bits per heavy atom. The molecule has 0 aliphatic heterocycles. The first-order valence-electron chi connectivity index (χ1n) is 4.24. The molecule has 0 unspecified atom stereocenters. The summed E-state index contributed by atoms with van der Waals surface area (Å²) >= 11 is 0. The van der Waals surface area contributed by atoms with Gasteiger partial charge in [-0.1, -0.05) is 0 Å². The Labute approximate surface area is 86.2 Å². The van der Waals surface area contributed by atoms with E-state index in [9.17, 15) is 0 Å². The highest BCUT2D eigenvalue weighted by atomic mass is 16.5. The molecule has 2 N–H and O–H groups in total. The van der Waals surface area contributed by atoms with E-state index >= 15 is 0 Å². The Hall–Kier alpha value is -2.24. The van der Waals surface area contributed by atoms with Crippen molar-refractivity contribution >= 4 is 5.95 Å². The van der Waals surface area contributed by atoms with Crippen molar-refractivity contribution in [2.45, 2.75) is 0 Å². The average Bonchev–Trinajstić information content (AvgIpc) is 2.29. The summed E-state index contributed by atoms with van der Waals surface area (Å²) in [5.41, 5.74) is 6.21. The fourth-order valence-corrected chi connectivity index (χ4v) is 1.08. The van der Waals surface area contributed by atoms with Crippen molar-refractivity contribution < 1.29 is 4.74 Å². The summed E-state index contributed by atoms with van der Waals surface area (Å²) < 4.78 is 4.94. The Morgan fingerprint density at radius 2 is 2.07 bits per heavy atom. The van der Waals surface area contributed by atoms with E-state index in [-0.39, 0.29) is 5.95 Å². The molecule has 0 radical (unpaired) electrons. The predicted octanol–water partition coefficient (Wildman–Crippen LogP) is 0.524. The Kier molecular flexibility index (Phi) is 2.40. The van der Waals surface area contributed by atoms with Crippen LogP contribution < -0.4 is 10.5 Å². The molecule has 0 fully saturated rings. The molecule has 0 aromatic carbocycles. The number of aromatic nitrogens is 4. The maximum Gasteiger partial charge on any atom is 0.223 e. The van der Waals surface area contributed by atoms with Crippen LogP contribution in [0.15, 0.2) is 24.7 Å². The van der Waals surface area contributed by atoms with Crippen molar-refractivity contribution in [3.05, 3.63) is 24.7 Å². The Balaban J connectivity index is 2.37. The molecule has 2 aromatic heterocycles. The number of pyridine rings is 1. The van der Waals surface area contributed by atoms with Crippen molar-refractivity contribution in [3.63, 3.8) is 0 Å². The van der Waals surface area contributed by atoms with Crippen molar-refractivity contribution in [2.24, 2.45) is 0 Å². The third kappa shape index (κ3) is 1.98. The Morgan fingerprint density at radius 3 is 2.67 bits per heavy atom. The maximum absolute atomic E-state index is 5.44. The number of nitrogens with zero attached hydrogens (tertiary/aromatic N) is 4. The monoisotopic (exact) mass is 203 g/mol. The number of nitrogen functional groups attached to an aromatic ring is 1. The number of rotatable bonds is 2. The molecule has 0 atom stereocenters. The van der Waals surface area contributed by atoms with Crippen LogP contribution in [0.5, 0.6) is 5.88 Å². The lowest BCUT2D eigenvalue weighted by atomic mass is 10.3. The molecule has 0 bridgehead atoms. The maximum atomic E-state index is 5.44. The number of hydrogen-bond donors (Lipinski definition) is 1. The first-order chi connectivity index (χ1) is 7.29. The van der Waals surface area contributed by atoms with Gasteiger partial charge in [0.15, 0.2) is 5.82 Å². The molecule has 0 aliphatic carbocycles. The van der Waals surface area contributed by atoms with Crippen LogP contribution in [-0.4, -0.2) is 27.0 Å². The minimum absolute atomic E-state index is 0.191. The normalized spacial score (nSPS) is 9.93. The first kappa shape index (κ1) is 9.32. The molecule has 2 heterocycles. The van der Waals surface area contributed by atoms with Crippen LogP contribution in [0.1, 0.15) is 0 Å². The highest BCUT2D eigenvalue weighted by Crippen LogP contribution is 2.15. The molecule has 15 heavy (non-hydrogen) atoms. The zero-order valence-electron chi connectivity index (χ0n) is 8.08. The lowest BCUT2D eigenvalue weighted by Crippen LogP contribution is -1.98. The molecular weight excluding hydrogens is 194 g/mol. The van der Waals surface area contributed by atoms with Crippen molar-refractivity contribution in [1.29, 1.82) is 0 Å². The van der Waals surface area contributed by atoms with Crippen LogP contribution in [0.25, 0.3) is 11.4 Å². The van der Waals surface area contributed by atoms with E-state index in [4.69, 9.17) is 10.5 Å². The topological polar surface area (TPSA) is 86.8 Å². The average molecular weight is 203 g/mol. The molecule has 2 rings (SSSR count). The summed E-state index contributed by atoms with van der Waals surface area (Å²) in [5, 5.41) is 0. The third-order valence-electron chi connectivity index (χ3n) is 1.79. The summed E-state index contributed by atoms with van der Waals surface area (Å²) in [5.74, 6) is 1.23. The van der Waals surface area contributed by atoms with E-state index < -0.39 is 0 Å². The van der Waals surface area contributed by atoms with Gasteiger partial charge in [0.05, 0.1) is 7.11 Å². The van der Waals surface area contributed by atoms with E-state index in [2.05, 4.69) is 19.9 Å². The van der Waals surface area contributed by atoms with E-state index in [1.165, 1.54) is 6.33 Å². The summed E-state index contributed by atoms with van der Waals surface area (Å²) in [6, 6.07) is 3.54. The molecule has 0 saturated heterocycles. The van der Waals surface area contributed by atoms with Gasteiger partial charge in [-0.15, -0.1) is 0 Å². The van der Waals surface area contributed by atoms with Crippen molar-refractivity contribution in [3.8, 4) is 17.3 Å². The van der Waals surface area contributed by atoms with Gasteiger partial charge in [-0.25, -0.2) is 15.0 Å². The smallest absolute Gasteiger partial charge is 0.223 e. The molecule has 6 heteroatoms. The summed E-state index contributed by atoms with van der Waals surface area (Å²) in [7, 11) is 1.56. The SMILES string of the molecule is COc1ccc(-c2ncnc(N)n2)cn1. The van der Waals surface area contributed by atoms with Gasteiger partial charge in [-0.2, -0.15) is 4.98 Å². The molecule has 2 aromatic rings. The highest BCUT2D eigenvalue weighted by molar-refractivity contribution is 5.54. The second kappa shape index (κ2) is 3.87. The van der Waals surface area contributed by atoms with Gasteiger partial charge in [-0.3, -0.25) is 0 Å². The van der Waals surface area contributed by atoms with E-state index in [0.29, 0.717) is 11.7 Å². The summed E-state index contributed by atoms with van der Waals surface area (Å²) in [6.45, 7) is 0. The third-order valence-corrected chi connectivity index (χ3v) is 1.79. The van der Waals surface area contributed by atoms with Gasteiger partial charge in [0.25, 0.3) is 0 Å². The number of ether oxygens (including phenoxy) is 1. The molecule has 0 aliphatic rings. The second-order valence-corrected chi connectivity index (χ2v) is 2.76. The lowest BCUT2D eigenvalue weighted by Gasteiger charge is -2.01. The highest BCUT2D eigenvalue weighted by Gasteiger charge is 2.02. The minimum Gasteiger partial charge on any atom is -0.481 e. The van der Waals surface area contributed by atoms with Gasteiger partial charge in [0.2, 0.25) is 11.8 Å². The molecular formula is C9H9N5O. The van der Waals surface area contributed by atoms with Gasteiger partial charge in [0.1, 0.15) is 6.33 Å². The van der Waals surface area contributed by atoms with Gasteiger partial charge >= 0.3 is 0 Å². The Bertz CT molecular complexity index is 456. The largest absolute Gasteiger partial charge is 0.481 e. The van der Waals surface area contributed by atoms with Crippen molar-refractivity contribution in [2.75, 3.05) is 12.8 Å². The summed E-state index contributed by atoms with van der Waals surface area (Å²) in [6.07, 6.45) is 2.98. The number of methoxy groups -OCH3 is 1. The van der Waals surface area contributed by atoms with Crippen LogP contribution in [0.3, 0.4) is 0 Å². The fraction of sp³-hybridized carbons (Fsp3) is 0.111. The van der Waals surface area contributed by atoms with Crippen LogP contribution in [0.2, 0.25) is 0 Å². The minimum atomic E-state index is 0.191. The standard InChI is InChI=1S/C9H9N5O/c1-15-7-3-2-6(4-11-7)8-12-5-13-9(10)14-8/h2-5H,1H3,(H2,10,12,13,14). The molecule has 76 valence electrons. The van der Waals surface area contributed by atoms with Crippen LogP contribution in [0, 0.1) is 0 Å². The van der Waals surface area contributed by atoms with Gasteiger partial charge in [0, 0.05) is 17.8 Å². The number of hydrogen-bond acceptors (Lipinski definition) is 6. The number of nitrogens with two attached hydrogens (primary N) is 1. The van der Waals surface area contributed by atoms with Crippen LogP contribution in [-0.2, 0) is 0 Å². The fourth-order valence-electron chi connectivity index (χ4n) is 1.08. The van der Waals surface area contributed by atoms with E-state index in [1.54, 1.807) is 25.4 Å². The van der Waals surface area contributed by atoms with Crippen LogP contribution in [0.4, 0.5) is 5.95 Å². The molecule has 6 nitrogen and oxygen atoms in total.